The van der Waals surface area contributed by atoms with E-state index < -0.39 is 0 Å². The Labute approximate surface area is 70.7 Å². The fourth-order valence-electron chi connectivity index (χ4n) is 1.65. The van der Waals surface area contributed by atoms with Gasteiger partial charge in [0.15, 0.2) is 0 Å². The highest BCUT2D eigenvalue weighted by Crippen LogP contribution is 2.32. The van der Waals surface area contributed by atoms with Crippen molar-refractivity contribution >= 4 is 11.8 Å². The van der Waals surface area contributed by atoms with Crippen LogP contribution in [0.4, 0.5) is 0 Å². The van der Waals surface area contributed by atoms with Crippen molar-refractivity contribution in [1.29, 1.82) is 0 Å². The van der Waals surface area contributed by atoms with Gasteiger partial charge >= 0.3 is 0 Å². The summed E-state index contributed by atoms with van der Waals surface area (Å²) in [7, 11) is 0. The van der Waals surface area contributed by atoms with Crippen LogP contribution in [0.2, 0.25) is 0 Å². The Bertz CT molecular complexity index is 251. The molecule has 3 unspecified atom stereocenters. The van der Waals surface area contributed by atoms with Crippen LogP contribution in [0.15, 0.2) is 0 Å². The molecule has 0 spiro atoms. The lowest BCUT2D eigenvalue weighted by atomic mass is 10.1. The van der Waals surface area contributed by atoms with Crippen LogP contribution in [0.1, 0.15) is 19.8 Å². The number of carbonyl (C=O) groups is 2. The maximum absolute atomic E-state index is 11.4. The molecule has 4 heteroatoms. The smallest absolute Gasteiger partial charge is 0.232 e. The first-order valence-corrected chi connectivity index (χ1v) is 4.22. The third-order valence-corrected chi connectivity index (χ3v) is 2.54. The summed E-state index contributed by atoms with van der Waals surface area (Å²) in [5.41, 5.74) is 5.57. The molecule has 1 aliphatic heterocycles. The summed E-state index contributed by atoms with van der Waals surface area (Å²) in [4.78, 5) is 24.0. The molecule has 3 atom stereocenters. The van der Waals surface area contributed by atoms with Crippen LogP contribution < -0.4 is 5.73 Å². The van der Waals surface area contributed by atoms with Crippen molar-refractivity contribution < 1.29 is 9.59 Å². The second kappa shape index (κ2) is 2.29. The van der Waals surface area contributed by atoms with Crippen molar-refractivity contribution in [2.24, 2.45) is 11.7 Å². The van der Waals surface area contributed by atoms with Crippen molar-refractivity contribution in [3.05, 3.63) is 0 Å². The van der Waals surface area contributed by atoms with Gasteiger partial charge in [0.05, 0.1) is 6.04 Å². The molecule has 2 rings (SSSR count). The Balaban J connectivity index is 2.14. The highest BCUT2D eigenvalue weighted by molar-refractivity contribution is 6.04. The fraction of sp³-hybridized carbons (Fsp3) is 0.750. The molecule has 0 aromatic carbocycles. The first-order valence-electron chi connectivity index (χ1n) is 4.22. The molecule has 0 aromatic heterocycles. The largest absolute Gasteiger partial charge is 0.326 e. The molecule has 4 nitrogen and oxygen atoms in total. The second-order valence-corrected chi connectivity index (χ2v) is 3.67. The minimum absolute atomic E-state index is 0.00921. The first kappa shape index (κ1) is 7.73. The quantitative estimate of drug-likeness (QED) is 0.536. The van der Waals surface area contributed by atoms with E-state index in [1.165, 1.54) is 4.90 Å². The zero-order valence-electron chi connectivity index (χ0n) is 6.99. The lowest BCUT2D eigenvalue weighted by Crippen LogP contribution is -2.35. The van der Waals surface area contributed by atoms with Gasteiger partial charge in [-0.3, -0.25) is 14.5 Å². The molecular formula is C8H12N2O2. The molecule has 0 radical (unpaired) electrons. The highest BCUT2D eigenvalue weighted by Gasteiger charge is 2.49. The number of nitrogens with zero attached hydrogens (tertiary/aromatic N) is 1. The fourth-order valence-corrected chi connectivity index (χ4v) is 1.65. The number of imide groups is 1. The van der Waals surface area contributed by atoms with Gasteiger partial charge in [0.25, 0.3) is 0 Å². The summed E-state index contributed by atoms with van der Waals surface area (Å²) in [5.74, 6) is -0.228. The van der Waals surface area contributed by atoms with Crippen molar-refractivity contribution in [3.63, 3.8) is 0 Å². The molecule has 2 N–H and O–H groups in total. The van der Waals surface area contributed by atoms with Crippen LogP contribution in [0.25, 0.3) is 0 Å². The van der Waals surface area contributed by atoms with E-state index in [-0.39, 0.29) is 29.8 Å². The normalized spacial score (nSPS) is 40.8. The van der Waals surface area contributed by atoms with Crippen LogP contribution in [0.3, 0.4) is 0 Å². The van der Waals surface area contributed by atoms with Crippen LogP contribution >= 0.6 is 0 Å². The van der Waals surface area contributed by atoms with Gasteiger partial charge in [0.2, 0.25) is 11.8 Å². The van der Waals surface area contributed by atoms with Crippen molar-refractivity contribution in [2.75, 3.05) is 0 Å². The summed E-state index contributed by atoms with van der Waals surface area (Å²) in [6.07, 6.45) is 1.15. The molecule has 2 fully saturated rings. The van der Waals surface area contributed by atoms with E-state index >= 15 is 0 Å². The number of amides is 2. The molecule has 2 amide bonds. The van der Waals surface area contributed by atoms with Gasteiger partial charge < -0.3 is 5.73 Å². The molecule has 0 bridgehead atoms. The monoisotopic (exact) mass is 168 g/mol. The molecule has 66 valence electrons. The Morgan fingerprint density at radius 1 is 1.50 bits per heavy atom. The highest BCUT2D eigenvalue weighted by atomic mass is 16.2. The van der Waals surface area contributed by atoms with Crippen molar-refractivity contribution in [3.8, 4) is 0 Å². The molecule has 0 aromatic rings. The van der Waals surface area contributed by atoms with Crippen molar-refractivity contribution in [1.82, 2.24) is 4.90 Å². The standard InChI is InChI=1S/C8H12N2O2/c1-4-2-7(11)10(8(4)12)6-3-5(6)9/h4-6H,2-3,9H2,1H3. The van der Waals surface area contributed by atoms with E-state index in [0.29, 0.717) is 6.42 Å². The number of hydrogen-bond acceptors (Lipinski definition) is 3. The van der Waals surface area contributed by atoms with Gasteiger partial charge in [-0.15, -0.1) is 0 Å². The van der Waals surface area contributed by atoms with E-state index in [4.69, 9.17) is 5.73 Å². The number of likely N-dealkylation sites (tertiary alicyclic amines) is 1. The van der Waals surface area contributed by atoms with E-state index in [0.717, 1.165) is 6.42 Å². The number of carbonyl (C=O) groups excluding carboxylic acids is 2. The maximum Gasteiger partial charge on any atom is 0.232 e. The summed E-state index contributed by atoms with van der Waals surface area (Å²) >= 11 is 0. The van der Waals surface area contributed by atoms with Crippen LogP contribution in [-0.2, 0) is 9.59 Å². The molecular weight excluding hydrogens is 156 g/mol. The van der Waals surface area contributed by atoms with Gasteiger partial charge in [-0.2, -0.15) is 0 Å². The Morgan fingerprint density at radius 2 is 2.08 bits per heavy atom. The van der Waals surface area contributed by atoms with Crippen LogP contribution in [0.5, 0.6) is 0 Å². The van der Waals surface area contributed by atoms with Crippen LogP contribution in [0, 0.1) is 5.92 Å². The summed E-state index contributed by atoms with van der Waals surface area (Å²) < 4.78 is 0. The molecule has 2 aliphatic rings. The molecule has 1 aliphatic carbocycles. The van der Waals surface area contributed by atoms with Gasteiger partial charge in [0.1, 0.15) is 0 Å². The van der Waals surface area contributed by atoms with E-state index in [2.05, 4.69) is 0 Å². The van der Waals surface area contributed by atoms with E-state index in [1.54, 1.807) is 6.92 Å². The zero-order valence-corrected chi connectivity index (χ0v) is 6.99. The average molecular weight is 168 g/mol. The second-order valence-electron chi connectivity index (χ2n) is 3.67. The lowest BCUT2D eigenvalue weighted by molar-refractivity contribution is -0.139. The molecule has 1 saturated carbocycles. The number of nitrogens with two attached hydrogens (primary N) is 1. The van der Waals surface area contributed by atoms with Gasteiger partial charge in [-0.25, -0.2) is 0 Å². The number of hydrogen-bond donors (Lipinski definition) is 1. The zero-order chi connectivity index (χ0) is 8.88. The Kier molecular flexibility index (Phi) is 1.48. The summed E-state index contributed by atoms with van der Waals surface area (Å²) in [6.45, 7) is 1.79. The predicted octanol–water partition coefficient (Wildman–Crippen LogP) is -0.519. The van der Waals surface area contributed by atoms with Gasteiger partial charge in [-0.05, 0) is 6.42 Å². The molecule has 12 heavy (non-hydrogen) atoms. The summed E-state index contributed by atoms with van der Waals surface area (Å²) in [6, 6.07) is 0.0400. The first-order chi connectivity index (χ1) is 5.61. The average Bonchev–Trinajstić information content (AvgIpc) is 2.61. The third-order valence-electron chi connectivity index (χ3n) is 2.54. The number of rotatable bonds is 1. The Morgan fingerprint density at radius 3 is 2.42 bits per heavy atom. The maximum atomic E-state index is 11.4. The lowest BCUT2D eigenvalue weighted by Gasteiger charge is -2.12. The SMILES string of the molecule is CC1CC(=O)N(C2CC2N)C1=O. The minimum atomic E-state index is -0.134. The molecule has 1 saturated heterocycles. The van der Waals surface area contributed by atoms with Gasteiger partial charge in [0, 0.05) is 18.4 Å². The minimum Gasteiger partial charge on any atom is -0.326 e. The topological polar surface area (TPSA) is 63.4 Å². The van der Waals surface area contributed by atoms with Crippen molar-refractivity contribution in [2.45, 2.75) is 31.8 Å². The third kappa shape index (κ3) is 0.948. The van der Waals surface area contributed by atoms with E-state index in [9.17, 15) is 9.59 Å². The molecule has 1 heterocycles. The Hall–Kier alpha value is -0.900. The van der Waals surface area contributed by atoms with Gasteiger partial charge in [-0.1, -0.05) is 6.92 Å². The van der Waals surface area contributed by atoms with E-state index in [1.807, 2.05) is 0 Å². The summed E-state index contributed by atoms with van der Waals surface area (Å²) in [5, 5.41) is 0. The van der Waals surface area contributed by atoms with Crippen LogP contribution in [-0.4, -0.2) is 28.8 Å². The predicted molar refractivity (Wildman–Crippen MR) is 42.0 cm³/mol.